The molecule has 1 spiro atoms. The Kier molecular flexibility index (Phi) is 3.43. The van der Waals surface area contributed by atoms with Gasteiger partial charge in [-0.05, 0) is 43.9 Å². The molecule has 17 heavy (non-hydrogen) atoms. The molecule has 0 heterocycles. The Labute approximate surface area is 103 Å². The van der Waals surface area contributed by atoms with Crippen LogP contribution in [0.1, 0.15) is 52.4 Å². The molecule has 1 unspecified atom stereocenters. The van der Waals surface area contributed by atoms with E-state index >= 15 is 0 Å². The van der Waals surface area contributed by atoms with Gasteiger partial charge in [-0.1, -0.05) is 13.8 Å². The molecule has 0 bridgehead atoms. The minimum atomic E-state index is -0.515. The maximum Gasteiger partial charge on any atom is 0.221 e. The van der Waals surface area contributed by atoms with Crippen molar-refractivity contribution in [2.45, 2.75) is 64.5 Å². The van der Waals surface area contributed by atoms with Gasteiger partial charge in [0.25, 0.3) is 0 Å². The van der Waals surface area contributed by atoms with Gasteiger partial charge in [-0.2, -0.15) is 0 Å². The van der Waals surface area contributed by atoms with E-state index in [4.69, 9.17) is 0 Å². The van der Waals surface area contributed by atoms with Crippen LogP contribution in [0.4, 0.5) is 0 Å². The summed E-state index contributed by atoms with van der Waals surface area (Å²) in [5.41, 5.74) is -0.420. The van der Waals surface area contributed by atoms with E-state index in [0.717, 1.165) is 32.1 Å². The van der Waals surface area contributed by atoms with Gasteiger partial charge in [-0.3, -0.25) is 10.1 Å². The first-order valence-corrected chi connectivity index (χ1v) is 6.79. The first kappa shape index (κ1) is 12.8. The number of nitrogens with zero attached hydrogens (tertiary/aromatic N) is 1. The van der Waals surface area contributed by atoms with Crippen LogP contribution in [-0.2, 0) is 0 Å². The van der Waals surface area contributed by atoms with Crippen LogP contribution in [0.5, 0.6) is 0 Å². The molecule has 2 rings (SSSR count). The van der Waals surface area contributed by atoms with Crippen molar-refractivity contribution < 1.29 is 10.0 Å². The molecule has 0 amide bonds. The minimum Gasteiger partial charge on any atom is -0.392 e. The van der Waals surface area contributed by atoms with Crippen molar-refractivity contribution in [1.82, 2.24) is 0 Å². The molecular formula is C13H23NO3. The van der Waals surface area contributed by atoms with Crippen LogP contribution in [0.3, 0.4) is 0 Å². The Morgan fingerprint density at radius 3 is 2.65 bits per heavy atom. The van der Waals surface area contributed by atoms with Crippen LogP contribution in [0.15, 0.2) is 0 Å². The summed E-state index contributed by atoms with van der Waals surface area (Å²) in [6, 6.07) is -0.515. The SMILES string of the molecule is CC(C)C1CC[C@H](O)[C@]2(CCC[C@H]2[N+](=O)[O-])C1. The van der Waals surface area contributed by atoms with Gasteiger partial charge >= 0.3 is 0 Å². The van der Waals surface area contributed by atoms with E-state index < -0.39 is 17.6 Å². The predicted octanol–water partition coefficient (Wildman–Crippen LogP) is 2.62. The molecule has 0 aromatic carbocycles. The van der Waals surface area contributed by atoms with Gasteiger partial charge < -0.3 is 5.11 Å². The van der Waals surface area contributed by atoms with Gasteiger partial charge in [-0.25, -0.2) is 0 Å². The molecule has 4 nitrogen and oxygen atoms in total. The average Bonchev–Trinajstić information content (AvgIpc) is 2.67. The molecule has 0 aromatic rings. The van der Waals surface area contributed by atoms with Gasteiger partial charge in [-0.15, -0.1) is 0 Å². The van der Waals surface area contributed by atoms with Crippen molar-refractivity contribution in [3.05, 3.63) is 10.1 Å². The van der Waals surface area contributed by atoms with Crippen molar-refractivity contribution in [3.8, 4) is 0 Å². The third-order valence-corrected chi connectivity index (χ3v) is 5.10. The van der Waals surface area contributed by atoms with Crippen molar-refractivity contribution in [2.75, 3.05) is 0 Å². The van der Waals surface area contributed by atoms with E-state index in [1.165, 1.54) is 0 Å². The first-order chi connectivity index (χ1) is 7.97. The molecule has 98 valence electrons. The normalized spacial score (nSPS) is 42.2. The molecule has 2 aliphatic rings. The van der Waals surface area contributed by atoms with Crippen LogP contribution in [0.25, 0.3) is 0 Å². The summed E-state index contributed by atoms with van der Waals surface area (Å²) in [6.07, 6.45) is 4.52. The molecule has 2 fully saturated rings. The summed E-state index contributed by atoms with van der Waals surface area (Å²) >= 11 is 0. The Hall–Kier alpha value is -0.640. The monoisotopic (exact) mass is 241 g/mol. The fourth-order valence-electron chi connectivity index (χ4n) is 3.98. The minimum absolute atomic E-state index is 0.140. The number of rotatable bonds is 2. The van der Waals surface area contributed by atoms with E-state index in [1.54, 1.807) is 0 Å². The highest BCUT2D eigenvalue weighted by Gasteiger charge is 2.57. The molecule has 0 aliphatic heterocycles. The lowest BCUT2D eigenvalue weighted by Gasteiger charge is -2.43. The second kappa shape index (κ2) is 4.56. The van der Waals surface area contributed by atoms with Gasteiger partial charge in [0.15, 0.2) is 0 Å². The molecule has 1 N–H and O–H groups in total. The number of aliphatic hydroxyl groups is 1. The zero-order valence-corrected chi connectivity index (χ0v) is 10.8. The molecule has 4 atom stereocenters. The Bertz CT molecular complexity index is 305. The van der Waals surface area contributed by atoms with Crippen molar-refractivity contribution in [1.29, 1.82) is 0 Å². The summed E-state index contributed by atoms with van der Waals surface area (Å²) in [5, 5.41) is 21.5. The van der Waals surface area contributed by atoms with Crippen molar-refractivity contribution in [2.24, 2.45) is 17.3 Å². The first-order valence-electron chi connectivity index (χ1n) is 6.79. The second-order valence-electron chi connectivity index (χ2n) is 6.23. The van der Waals surface area contributed by atoms with Crippen molar-refractivity contribution in [3.63, 3.8) is 0 Å². The van der Waals surface area contributed by atoms with Crippen LogP contribution in [0, 0.1) is 27.4 Å². The summed E-state index contributed by atoms with van der Waals surface area (Å²) in [7, 11) is 0. The quantitative estimate of drug-likeness (QED) is 0.597. The Morgan fingerprint density at radius 1 is 1.35 bits per heavy atom. The maximum atomic E-state index is 11.2. The second-order valence-corrected chi connectivity index (χ2v) is 6.23. The largest absolute Gasteiger partial charge is 0.392 e. The standard InChI is InChI=1S/C13H23NO3/c1-9(2)10-5-6-12(15)13(8-10)7-3-4-11(13)14(16)17/h9-12,15H,3-8H2,1-2H3/t10?,11-,12+,13-/m1/s1. The van der Waals surface area contributed by atoms with E-state index in [9.17, 15) is 15.2 Å². The maximum absolute atomic E-state index is 11.2. The lowest BCUT2D eigenvalue weighted by atomic mass is 9.62. The van der Waals surface area contributed by atoms with Crippen LogP contribution in [0.2, 0.25) is 0 Å². The molecular weight excluding hydrogens is 218 g/mol. The highest BCUT2D eigenvalue weighted by molar-refractivity contribution is 5.01. The number of hydrogen-bond acceptors (Lipinski definition) is 3. The van der Waals surface area contributed by atoms with E-state index in [-0.39, 0.29) is 4.92 Å². The zero-order valence-electron chi connectivity index (χ0n) is 10.8. The Balaban J connectivity index is 2.23. The van der Waals surface area contributed by atoms with Crippen LogP contribution >= 0.6 is 0 Å². The summed E-state index contributed by atoms with van der Waals surface area (Å²) in [4.78, 5) is 11.1. The van der Waals surface area contributed by atoms with E-state index in [1.807, 2.05) is 0 Å². The van der Waals surface area contributed by atoms with Gasteiger partial charge in [0.2, 0.25) is 6.04 Å². The summed E-state index contributed by atoms with van der Waals surface area (Å²) in [6.45, 7) is 4.37. The number of nitro groups is 1. The van der Waals surface area contributed by atoms with Crippen molar-refractivity contribution >= 4 is 0 Å². The lowest BCUT2D eigenvalue weighted by molar-refractivity contribution is -0.543. The topological polar surface area (TPSA) is 63.4 Å². The van der Waals surface area contributed by atoms with Crippen LogP contribution in [-0.4, -0.2) is 22.2 Å². The predicted molar refractivity (Wildman–Crippen MR) is 65.3 cm³/mol. The van der Waals surface area contributed by atoms with E-state index in [2.05, 4.69) is 13.8 Å². The fraction of sp³-hybridized carbons (Fsp3) is 1.00. The molecule has 0 saturated heterocycles. The summed E-state index contributed by atoms with van der Waals surface area (Å²) in [5.74, 6) is 1.10. The highest BCUT2D eigenvalue weighted by Crippen LogP contribution is 2.53. The molecule has 0 aromatic heterocycles. The summed E-state index contributed by atoms with van der Waals surface area (Å²) < 4.78 is 0. The molecule has 2 saturated carbocycles. The molecule has 0 radical (unpaired) electrons. The zero-order chi connectivity index (χ0) is 12.6. The number of hydrogen-bond donors (Lipinski definition) is 1. The van der Waals surface area contributed by atoms with Gasteiger partial charge in [0, 0.05) is 11.3 Å². The number of aliphatic hydroxyl groups excluding tert-OH is 1. The smallest absolute Gasteiger partial charge is 0.221 e. The molecule has 4 heteroatoms. The highest BCUT2D eigenvalue weighted by atomic mass is 16.6. The van der Waals surface area contributed by atoms with E-state index in [0.29, 0.717) is 18.3 Å². The Morgan fingerprint density at radius 2 is 2.06 bits per heavy atom. The lowest BCUT2D eigenvalue weighted by Crippen LogP contribution is -2.49. The third-order valence-electron chi connectivity index (χ3n) is 5.10. The fourth-order valence-corrected chi connectivity index (χ4v) is 3.98. The van der Waals surface area contributed by atoms with Gasteiger partial charge in [0.1, 0.15) is 0 Å². The third kappa shape index (κ3) is 2.07. The molecule has 2 aliphatic carbocycles. The van der Waals surface area contributed by atoms with Gasteiger partial charge in [0.05, 0.1) is 11.5 Å². The average molecular weight is 241 g/mol. The van der Waals surface area contributed by atoms with Crippen LogP contribution < -0.4 is 0 Å².